The van der Waals surface area contributed by atoms with Crippen molar-refractivity contribution in [3.63, 3.8) is 0 Å². The first-order valence-electron chi connectivity index (χ1n) is 7.05. The number of anilines is 1. The molecule has 1 saturated heterocycles. The van der Waals surface area contributed by atoms with E-state index in [0.717, 1.165) is 25.9 Å². The van der Waals surface area contributed by atoms with Crippen LogP contribution in [-0.4, -0.2) is 34.5 Å². The van der Waals surface area contributed by atoms with Crippen LogP contribution in [0.1, 0.15) is 19.3 Å². The standard InChI is InChI=1S/C14H21N3O3S/c1-15-21(19,20)13-6-2-5-12(9-13)17-14(18)8-11-4-3-7-16-10-11/h2,5-6,9,11,15-16H,3-4,7-8,10H2,1H3,(H,17,18). The van der Waals surface area contributed by atoms with E-state index in [9.17, 15) is 13.2 Å². The lowest BCUT2D eigenvalue weighted by Gasteiger charge is -2.22. The molecule has 1 aromatic carbocycles. The Morgan fingerprint density at radius 1 is 1.43 bits per heavy atom. The highest BCUT2D eigenvalue weighted by atomic mass is 32.2. The maximum Gasteiger partial charge on any atom is 0.240 e. The van der Waals surface area contributed by atoms with Crippen molar-refractivity contribution >= 4 is 21.6 Å². The van der Waals surface area contributed by atoms with E-state index in [4.69, 9.17) is 0 Å². The molecule has 1 fully saturated rings. The summed E-state index contributed by atoms with van der Waals surface area (Å²) in [6.45, 7) is 1.88. The molecule has 0 aromatic heterocycles. The van der Waals surface area contributed by atoms with Gasteiger partial charge >= 0.3 is 0 Å². The molecule has 3 N–H and O–H groups in total. The highest BCUT2D eigenvalue weighted by molar-refractivity contribution is 7.89. The van der Waals surface area contributed by atoms with Crippen LogP contribution in [-0.2, 0) is 14.8 Å². The first-order valence-corrected chi connectivity index (χ1v) is 8.54. The maximum atomic E-state index is 12.0. The Bertz CT molecular complexity index is 595. The number of piperidine rings is 1. The highest BCUT2D eigenvalue weighted by Gasteiger charge is 2.17. The van der Waals surface area contributed by atoms with Gasteiger partial charge in [0.05, 0.1) is 4.90 Å². The molecule has 2 rings (SSSR count). The third-order valence-electron chi connectivity index (χ3n) is 3.57. The molecule has 21 heavy (non-hydrogen) atoms. The fraction of sp³-hybridized carbons (Fsp3) is 0.500. The summed E-state index contributed by atoms with van der Waals surface area (Å²) in [5.41, 5.74) is 0.500. The van der Waals surface area contributed by atoms with Crippen molar-refractivity contribution in [1.82, 2.24) is 10.0 Å². The third kappa shape index (κ3) is 4.52. The lowest BCUT2D eigenvalue weighted by molar-refractivity contribution is -0.117. The first kappa shape index (κ1) is 15.9. The summed E-state index contributed by atoms with van der Waals surface area (Å²) in [4.78, 5) is 12.1. The van der Waals surface area contributed by atoms with Gasteiger partial charge in [-0.25, -0.2) is 13.1 Å². The summed E-state index contributed by atoms with van der Waals surface area (Å²) in [6, 6.07) is 6.25. The second kappa shape index (κ2) is 7.02. The first-order chi connectivity index (χ1) is 10.0. The Balaban J connectivity index is 1.99. The van der Waals surface area contributed by atoms with E-state index in [0.29, 0.717) is 18.0 Å². The number of amides is 1. The van der Waals surface area contributed by atoms with Crippen LogP contribution in [0.5, 0.6) is 0 Å². The normalized spacial score (nSPS) is 19.2. The number of carbonyl (C=O) groups excluding carboxylic acids is 1. The molecular formula is C14H21N3O3S. The molecule has 1 heterocycles. The van der Waals surface area contributed by atoms with Crippen molar-refractivity contribution in [2.24, 2.45) is 5.92 Å². The fourth-order valence-corrected chi connectivity index (χ4v) is 3.21. The summed E-state index contributed by atoms with van der Waals surface area (Å²) < 4.78 is 25.7. The molecule has 0 saturated carbocycles. The van der Waals surface area contributed by atoms with Crippen LogP contribution in [0, 0.1) is 5.92 Å². The minimum atomic E-state index is -3.49. The summed E-state index contributed by atoms with van der Waals surface area (Å²) in [7, 11) is -2.14. The van der Waals surface area contributed by atoms with E-state index in [-0.39, 0.29) is 10.8 Å². The molecule has 1 atom stereocenters. The monoisotopic (exact) mass is 311 g/mol. The van der Waals surface area contributed by atoms with Crippen LogP contribution >= 0.6 is 0 Å². The van der Waals surface area contributed by atoms with Gasteiger partial charge < -0.3 is 10.6 Å². The zero-order valence-electron chi connectivity index (χ0n) is 12.1. The summed E-state index contributed by atoms with van der Waals surface area (Å²) in [5.74, 6) is 0.269. The van der Waals surface area contributed by atoms with Gasteiger partial charge in [0.1, 0.15) is 0 Å². The van der Waals surface area contributed by atoms with Gasteiger partial charge in [-0.15, -0.1) is 0 Å². The van der Waals surface area contributed by atoms with Gasteiger partial charge in [0.25, 0.3) is 0 Å². The zero-order chi connectivity index (χ0) is 15.3. The van der Waals surface area contributed by atoms with Crippen LogP contribution in [0.3, 0.4) is 0 Å². The van der Waals surface area contributed by atoms with E-state index in [1.807, 2.05) is 0 Å². The Kier molecular flexibility index (Phi) is 5.33. The number of carbonyl (C=O) groups is 1. The van der Waals surface area contributed by atoms with Gasteiger partial charge in [-0.2, -0.15) is 0 Å². The number of benzene rings is 1. The van der Waals surface area contributed by atoms with Gasteiger partial charge in [0, 0.05) is 12.1 Å². The molecule has 7 heteroatoms. The van der Waals surface area contributed by atoms with Gasteiger partial charge in [-0.05, 0) is 57.1 Å². The van der Waals surface area contributed by atoms with E-state index in [1.165, 1.54) is 19.2 Å². The SMILES string of the molecule is CNS(=O)(=O)c1cccc(NC(=O)CC2CCCNC2)c1. The predicted molar refractivity (Wildman–Crippen MR) is 81.5 cm³/mol. The predicted octanol–water partition coefficient (Wildman–Crippen LogP) is 0.923. The zero-order valence-corrected chi connectivity index (χ0v) is 12.9. The van der Waals surface area contributed by atoms with E-state index < -0.39 is 10.0 Å². The van der Waals surface area contributed by atoms with Crippen molar-refractivity contribution in [3.05, 3.63) is 24.3 Å². The molecule has 1 aliphatic rings. The lowest BCUT2D eigenvalue weighted by Crippen LogP contribution is -2.32. The van der Waals surface area contributed by atoms with Crippen LogP contribution in [0.25, 0.3) is 0 Å². The molecule has 1 aromatic rings. The molecule has 1 unspecified atom stereocenters. The molecule has 116 valence electrons. The highest BCUT2D eigenvalue weighted by Crippen LogP contribution is 2.18. The Morgan fingerprint density at radius 3 is 2.90 bits per heavy atom. The molecule has 1 aliphatic heterocycles. The van der Waals surface area contributed by atoms with Crippen LogP contribution < -0.4 is 15.4 Å². The van der Waals surface area contributed by atoms with Crippen LogP contribution in [0.2, 0.25) is 0 Å². The van der Waals surface area contributed by atoms with Crippen molar-refractivity contribution < 1.29 is 13.2 Å². The van der Waals surface area contributed by atoms with E-state index >= 15 is 0 Å². The third-order valence-corrected chi connectivity index (χ3v) is 4.98. The number of hydrogen-bond acceptors (Lipinski definition) is 4. The summed E-state index contributed by atoms with van der Waals surface area (Å²) in [6.07, 6.45) is 2.60. The molecule has 0 aliphatic carbocycles. The minimum Gasteiger partial charge on any atom is -0.326 e. The second-order valence-corrected chi connectivity index (χ2v) is 7.09. The lowest BCUT2D eigenvalue weighted by atomic mass is 9.96. The minimum absolute atomic E-state index is 0.0808. The van der Waals surface area contributed by atoms with Gasteiger partial charge in [0.15, 0.2) is 0 Å². The average molecular weight is 311 g/mol. The number of sulfonamides is 1. The van der Waals surface area contributed by atoms with Crippen molar-refractivity contribution in [1.29, 1.82) is 0 Å². The summed E-state index contributed by atoms with van der Waals surface area (Å²) >= 11 is 0. The number of hydrogen-bond donors (Lipinski definition) is 3. The van der Waals surface area contributed by atoms with Crippen LogP contribution in [0.4, 0.5) is 5.69 Å². The molecule has 0 bridgehead atoms. The van der Waals surface area contributed by atoms with Crippen molar-refractivity contribution in [2.45, 2.75) is 24.2 Å². The topological polar surface area (TPSA) is 87.3 Å². The molecule has 6 nitrogen and oxygen atoms in total. The summed E-state index contributed by atoms with van der Waals surface area (Å²) in [5, 5.41) is 6.04. The molecule has 1 amide bonds. The van der Waals surface area contributed by atoms with Crippen LogP contribution in [0.15, 0.2) is 29.2 Å². The number of nitrogens with one attached hydrogen (secondary N) is 3. The molecule has 0 spiro atoms. The second-order valence-electron chi connectivity index (χ2n) is 5.20. The number of rotatable bonds is 5. The molecule has 0 radical (unpaired) electrons. The fourth-order valence-electron chi connectivity index (χ4n) is 2.43. The smallest absolute Gasteiger partial charge is 0.240 e. The molecular weight excluding hydrogens is 290 g/mol. The van der Waals surface area contributed by atoms with E-state index in [2.05, 4.69) is 15.4 Å². The quantitative estimate of drug-likeness (QED) is 0.755. The maximum absolute atomic E-state index is 12.0. The Morgan fingerprint density at radius 2 is 2.24 bits per heavy atom. The average Bonchev–Trinajstić information content (AvgIpc) is 2.48. The Labute approximate surface area is 125 Å². The largest absolute Gasteiger partial charge is 0.326 e. The van der Waals surface area contributed by atoms with Crippen molar-refractivity contribution in [3.8, 4) is 0 Å². The van der Waals surface area contributed by atoms with E-state index in [1.54, 1.807) is 12.1 Å². The van der Waals surface area contributed by atoms with Gasteiger partial charge in [0.2, 0.25) is 15.9 Å². The van der Waals surface area contributed by atoms with Gasteiger partial charge in [-0.1, -0.05) is 6.07 Å². The Hall–Kier alpha value is -1.44. The van der Waals surface area contributed by atoms with Gasteiger partial charge in [-0.3, -0.25) is 4.79 Å². The van der Waals surface area contributed by atoms with Crippen molar-refractivity contribution in [2.75, 3.05) is 25.5 Å².